The molecule has 96 heavy (non-hydrogen) atoms. The number of thiophene rings is 1. The lowest BCUT2D eigenvalue weighted by atomic mass is 9.78. The monoisotopic (exact) mass is 1320 g/mol. The van der Waals surface area contributed by atoms with Crippen LogP contribution in [0.15, 0.2) is 199 Å². The molecular weight excluding hydrogens is 1280 g/mol. The first-order valence-electron chi connectivity index (χ1n) is 29.5. The maximum atomic E-state index is 15.7. The summed E-state index contributed by atoms with van der Waals surface area (Å²) in [4.78, 5) is 125. The first-order chi connectivity index (χ1) is 46.4. The number of aromatic nitrogens is 1. The number of hydrogen-bond donors (Lipinski definition) is 0. The minimum atomic E-state index is -3.03. The van der Waals surface area contributed by atoms with Crippen LogP contribution in [0.2, 0.25) is 0 Å². The van der Waals surface area contributed by atoms with Gasteiger partial charge in [0.05, 0.1) is 20.9 Å². The molecule has 4 aliphatic rings. The lowest BCUT2D eigenvalue weighted by Gasteiger charge is -2.38. The van der Waals surface area contributed by atoms with E-state index in [-0.39, 0.29) is 97.0 Å². The van der Waals surface area contributed by atoms with Gasteiger partial charge in [-0.05, 0) is 123 Å². The molecular formula is C75H41F4NO14S2. The summed E-state index contributed by atoms with van der Waals surface area (Å²) in [5.74, 6) is -13.9. The Kier molecular flexibility index (Phi) is 14.9. The van der Waals surface area contributed by atoms with Gasteiger partial charge in [-0.1, -0.05) is 121 Å². The van der Waals surface area contributed by atoms with E-state index in [4.69, 9.17) is 33.4 Å². The average Bonchev–Trinajstić information content (AvgIpc) is 1.16. The van der Waals surface area contributed by atoms with E-state index in [9.17, 15) is 36.7 Å². The first-order valence-corrected chi connectivity index (χ1v) is 31.1. The predicted molar refractivity (Wildman–Crippen MR) is 341 cm³/mol. The van der Waals surface area contributed by atoms with Crippen LogP contribution < -0.4 is 9.47 Å². The van der Waals surface area contributed by atoms with Crippen molar-refractivity contribution in [2.75, 3.05) is 0 Å². The SMILES string of the molecule is O=C1C(=Cc2cc3c(s2)-c2cc4c(cc2C(C(=O)OCc2ccccc2)(C(=O)OCc2ccccc2)O3)-c2sc(C=C3C(=O)c5cc6cc(F)c(F)cc6cc5C3=O)nc2OC4(C(=O)OCc2ccccc2)C(=O)OCc2ccccc2)C(=O)c2cc3cc(F)c(F)cc3cc21. The molecule has 2 aliphatic carbocycles. The van der Waals surface area contributed by atoms with Crippen LogP contribution in [0.4, 0.5) is 17.6 Å². The highest BCUT2D eigenvalue weighted by Crippen LogP contribution is 2.57. The number of halogens is 4. The summed E-state index contributed by atoms with van der Waals surface area (Å²) in [5.41, 5.74) is -6.16. The molecule has 0 fully saturated rings. The molecule has 0 saturated heterocycles. The number of esters is 4. The number of ether oxygens (including phenoxy) is 6. The fraction of sp³-hybridized carbons (Fsp3) is 0.0800. The van der Waals surface area contributed by atoms with Crippen molar-refractivity contribution in [1.82, 2.24) is 4.98 Å². The number of allylic oxidation sites excluding steroid dienone is 2. The third-order valence-corrected chi connectivity index (χ3v) is 18.9. The quantitative estimate of drug-likeness (QED) is 0.0248. The number of carbonyl (C=O) groups is 8. The van der Waals surface area contributed by atoms with Crippen LogP contribution in [0.1, 0.15) is 84.7 Å². The number of thiazole rings is 1. The minimum Gasteiger partial charge on any atom is -0.458 e. The maximum Gasteiger partial charge on any atom is 0.367 e. The molecule has 4 heterocycles. The predicted octanol–water partition coefficient (Wildman–Crippen LogP) is 14.5. The number of carbonyl (C=O) groups excluding carboxylic acids is 8. The molecule has 2 aromatic heterocycles. The molecule has 0 amide bonds. The summed E-state index contributed by atoms with van der Waals surface area (Å²) in [5, 5.41) is 0.439. The van der Waals surface area contributed by atoms with Crippen LogP contribution in [0, 0.1) is 23.3 Å². The molecule has 0 radical (unpaired) electrons. The zero-order valence-corrected chi connectivity index (χ0v) is 51.0. The van der Waals surface area contributed by atoms with Crippen molar-refractivity contribution in [2.45, 2.75) is 37.6 Å². The van der Waals surface area contributed by atoms with Gasteiger partial charge in [-0.25, -0.2) is 41.7 Å². The summed E-state index contributed by atoms with van der Waals surface area (Å²) in [6.07, 6.45) is 2.40. The number of benzene rings is 9. The fourth-order valence-corrected chi connectivity index (χ4v) is 14.1. The molecule has 0 saturated carbocycles. The number of Topliss-reactive ketones (excluding diaryl/α,β-unsaturated/α-hetero) is 4. The van der Waals surface area contributed by atoms with Gasteiger partial charge >= 0.3 is 35.1 Å². The second kappa shape index (κ2) is 23.6. The summed E-state index contributed by atoms with van der Waals surface area (Å²) in [6, 6.07) is 46.5. The average molecular weight is 1320 g/mol. The Hall–Kier alpha value is -11.8. The van der Waals surface area contributed by atoms with E-state index in [1.54, 1.807) is 121 Å². The van der Waals surface area contributed by atoms with Gasteiger partial charge in [-0.3, -0.25) is 19.2 Å². The Bertz CT molecular complexity index is 4740. The summed E-state index contributed by atoms with van der Waals surface area (Å²) in [7, 11) is 0. The first kappa shape index (κ1) is 60.4. The van der Waals surface area contributed by atoms with Crippen LogP contribution in [0.3, 0.4) is 0 Å². The van der Waals surface area contributed by atoms with Crippen molar-refractivity contribution >= 4 is 103 Å². The summed E-state index contributed by atoms with van der Waals surface area (Å²) < 4.78 is 95.9. The lowest BCUT2D eigenvalue weighted by molar-refractivity contribution is -0.185. The number of fused-ring (bicyclic) bond motifs is 10. The second-order valence-electron chi connectivity index (χ2n) is 22.7. The number of hydrogen-bond acceptors (Lipinski definition) is 17. The second-order valence-corrected chi connectivity index (χ2v) is 24.9. The van der Waals surface area contributed by atoms with E-state index in [2.05, 4.69) is 0 Å². The van der Waals surface area contributed by atoms with Gasteiger partial charge in [-0.15, -0.1) is 22.7 Å². The van der Waals surface area contributed by atoms with E-state index in [1.807, 2.05) is 0 Å². The van der Waals surface area contributed by atoms with Crippen molar-refractivity contribution in [2.24, 2.45) is 0 Å². The summed E-state index contributed by atoms with van der Waals surface area (Å²) >= 11 is 1.67. The van der Waals surface area contributed by atoms with Gasteiger partial charge in [0, 0.05) is 49.4 Å². The largest absolute Gasteiger partial charge is 0.458 e. The molecule has 11 aromatic rings. The standard InChI is InChI=1S/C75H41F4NO14S2/c76-57-25-42-21-47-48(22-43(42)26-58(57)77)64(82)53(63(47)81)29-46-30-61-67(95-46)51-31-56-52(32-55(51)74(93-61,70(85)89-34-38-13-5-1-6-14-38)71(86)90-35-39-15-7-2-8-16-39)68-69(80-62(96-68)33-54-65(83)49-23-44-27-59(78)60(79)28-45(44)24-50(49)66(54)84)94-75(56,72(87)91-36-40-17-9-3-10-18-40)73(88)92-37-41-19-11-4-12-20-41/h1-33H,34-37H2. The highest BCUT2D eigenvalue weighted by molar-refractivity contribution is 7.17. The smallest absolute Gasteiger partial charge is 0.367 e. The Balaban J connectivity index is 0.952. The van der Waals surface area contributed by atoms with Gasteiger partial charge in [-0.2, -0.15) is 0 Å². The van der Waals surface area contributed by atoms with Gasteiger partial charge < -0.3 is 28.4 Å². The van der Waals surface area contributed by atoms with Crippen molar-refractivity contribution < 1.29 is 84.3 Å². The molecule has 15 nitrogen and oxygen atoms in total. The summed E-state index contributed by atoms with van der Waals surface area (Å²) in [6.45, 7) is -1.73. The van der Waals surface area contributed by atoms with Crippen LogP contribution in [0.25, 0.3) is 54.6 Å². The molecule has 0 bridgehead atoms. The molecule has 0 spiro atoms. The Labute approximate surface area is 548 Å². The van der Waals surface area contributed by atoms with Crippen molar-refractivity contribution in [3.63, 3.8) is 0 Å². The molecule has 0 N–H and O–H groups in total. The van der Waals surface area contributed by atoms with Crippen LogP contribution in [-0.4, -0.2) is 52.0 Å². The molecule has 0 atom stereocenters. The zero-order chi connectivity index (χ0) is 66.3. The van der Waals surface area contributed by atoms with Crippen molar-refractivity contribution in [3.8, 4) is 32.5 Å². The van der Waals surface area contributed by atoms with E-state index in [0.717, 1.165) is 53.0 Å². The van der Waals surface area contributed by atoms with E-state index < -0.39 is 119 Å². The molecule has 15 rings (SSSR count). The van der Waals surface area contributed by atoms with Crippen LogP contribution in [-0.2, 0) is 75.8 Å². The normalized spacial score (nSPS) is 14.3. The lowest BCUT2D eigenvalue weighted by Crippen LogP contribution is -2.54. The molecule has 0 unspecified atom stereocenters. The van der Waals surface area contributed by atoms with Gasteiger partial charge in [0.25, 0.3) is 0 Å². The van der Waals surface area contributed by atoms with Gasteiger partial charge in [0.1, 0.15) is 37.2 Å². The van der Waals surface area contributed by atoms with Gasteiger partial charge in [0.2, 0.25) is 5.88 Å². The van der Waals surface area contributed by atoms with E-state index >= 15 is 19.2 Å². The molecule has 470 valence electrons. The highest BCUT2D eigenvalue weighted by Gasteiger charge is 2.62. The molecule has 9 aromatic carbocycles. The van der Waals surface area contributed by atoms with Crippen LogP contribution in [0.5, 0.6) is 11.6 Å². The van der Waals surface area contributed by atoms with Crippen molar-refractivity contribution in [3.05, 3.63) is 288 Å². The topological polar surface area (TPSA) is 205 Å². The molecule has 2 aliphatic heterocycles. The zero-order valence-electron chi connectivity index (χ0n) is 49.4. The Morgan fingerprint density at radius 3 is 1.09 bits per heavy atom. The van der Waals surface area contributed by atoms with E-state index in [0.29, 0.717) is 22.3 Å². The third kappa shape index (κ3) is 10.2. The Morgan fingerprint density at radius 1 is 0.396 bits per heavy atom. The highest BCUT2D eigenvalue weighted by atomic mass is 32.1. The van der Waals surface area contributed by atoms with E-state index in [1.165, 1.54) is 48.5 Å². The third-order valence-electron chi connectivity index (χ3n) is 16.8. The maximum absolute atomic E-state index is 15.7. The molecule has 21 heteroatoms. The van der Waals surface area contributed by atoms with Crippen LogP contribution >= 0.6 is 22.7 Å². The minimum absolute atomic E-state index is 0.0170. The van der Waals surface area contributed by atoms with Gasteiger partial charge in [0.15, 0.2) is 46.4 Å². The number of nitrogens with zero attached hydrogens (tertiary/aromatic N) is 1. The van der Waals surface area contributed by atoms with Crippen molar-refractivity contribution in [1.29, 1.82) is 0 Å². The Morgan fingerprint density at radius 2 is 0.729 bits per heavy atom. The number of ketones is 4. The number of rotatable bonds is 14. The fourth-order valence-electron chi connectivity index (χ4n) is 12.1.